The third-order valence-corrected chi connectivity index (χ3v) is 9.25. The van der Waals surface area contributed by atoms with Crippen molar-refractivity contribution in [2.45, 2.75) is 17.7 Å². The summed E-state index contributed by atoms with van der Waals surface area (Å²) in [5.41, 5.74) is 2.01. The van der Waals surface area contributed by atoms with Crippen LogP contribution in [-0.2, 0) is 10.0 Å². The van der Waals surface area contributed by atoms with Gasteiger partial charge in [-0.3, -0.25) is 9.10 Å². The van der Waals surface area contributed by atoms with Gasteiger partial charge in [-0.25, -0.2) is 13.4 Å². The average molecular weight is 522 g/mol. The molecule has 0 bridgehead atoms. The fraction of sp³-hybridized carbons (Fsp3) is 0.259. The second-order valence-corrected chi connectivity index (χ2v) is 11.8. The van der Waals surface area contributed by atoms with Gasteiger partial charge < -0.3 is 9.64 Å². The summed E-state index contributed by atoms with van der Waals surface area (Å²) in [6.45, 7) is 1.87. The van der Waals surface area contributed by atoms with Crippen LogP contribution in [0.2, 0.25) is 0 Å². The molecule has 1 fully saturated rings. The minimum atomic E-state index is -3.71. The largest absolute Gasteiger partial charge is 0.470 e. The van der Waals surface area contributed by atoms with E-state index in [1.807, 2.05) is 35.2 Å². The second-order valence-electron chi connectivity index (χ2n) is 8.83. The van der Waals surface area contributed by atoms with Crippen molar-refractivity contribution in [1.29, 1.82) is 0 Å². The highest BCUT2D eigenvalue weighted by atomic mass is 32.2. The number of para-hydroxylation sites is 2. The van der Waals surface area contributed by atoms with Crippen LogP contribution in [0.5, 0.6) is 5.19 Å². The van der Waals surface area contributed by atoms with Gasteiger partial charge in [0.1, 0.15) is 0 Å². The molecule has 0 spiro atoms. The number of likely N-dealkylation sites (tertiary alicyclic amines) is 1. The normalized spacial score (nSPS) is 14.6. The number of carbonyl (C=O) groups excluding carboxylic acids is 1. The van der Waals surface area contributed by atoms with Crippen LogP contribution < -0.4 is 9.04 Å². The number of carbonyl (C=O) groups is 1. The van der Waals surface area contributed by atoms with E-state index >= 15 is 0 Å². The van der Waals surface area contributed by atoms with Crippen molar-refractivity contribution in [1.82, 2.24) is 9.88 Å². The lowest BCUT2D eigenvalue weighted by atomic mass is 9.97. The van der Waals surface area contributed by atoms with Crippen molar-refractivity contribution in [2.24, 2.45) is 5.92 Å². The Balaban J connectivity index is 1.16. The first kappa shape index (κ1) is 24.3. The molecule has 9 heteroatoms. The molecule has 1 aliphatic heterocycles. The molecule has 1 aromatic heterocycles. The highest BCUT2D eigenvalue weighted by molar-refractivity contribution is 7.92. The van der Waals surface area contributed by atoms with E-state index in [2.05, 4.69) is 4.98 Å². The van der Waals surface area contributed by atoms with E-state index in [4.69, 9.17) is 4.74 Å². The minimum absolute atomic E-state index is 0.0825. The maximum atomic E-state index is 13.0. The Bertz CT molecular complexity index is 1410. The number of ether oxygens (including phenoxy) is 1. The lowest BCUT2D eigenvalue weighted by Crippen LogP contribution is -2.39. The molecule has 1 amide bonds. The van der Waals surface area contributed by atoms with Crippen molar-refractivity contribution in [3.63, 3.8) is 0 Å². The smallest absolute Gasteiger partial charge is 0.274 e. The van der Waals surface area contributed by atoms with Crippen LogP contribution >= 0.6 is 11.3 Å². The van der Waals surface area contributed by atoms with Gasteiger partial charge in [-0.15, -0.1) is 0 Å². The number of fused-ring (bicyclic) bond motifs is 1. The number of hydrogen-bond donors (Lipinski definition) is 0. The van der Waals surface area contributed by atoms with Crippen LogP contribution in [0.15, 0.2) is 83.8 Å². The van der Waals surface area contributed by atoms with Crippen molar-refractivity contribution in [3.8, 4) is 5.19 Å². The molecule has 36 heavy (non-hydrogen) atoms. The monoisotopic (exact) mass is 521 g/mol. The molecule has 186 valence electrons. The van der Waals surface area contributed by atoms with E-state index in [0.29, 0.717) is 42.1 Å². The molecule has 3 aromatic carbocycles. The number of hydrogen-bond acceptors (Lipinski definition) is 6. The van der Waals surface area contributed by atoms with Gasteiger partial charge in [0.15, 0.2) is 0 Å². The van der Waals surface area contributed by atoms with E-state index in [9.17, 15) is 13.2 Å². The zero-order valence-corrected chi connectivity index (χ0v) is 21.5. The Labute approximate surface area is 215 Å². The van der Waals surface area contributed by atoms with E-state index in [0.717, 1.165) is 23.1 Å². The molecule has 7 nitrogen and oxygen atoms in total. The first-order chi connectivity index (χ1) is 17.4. The molecule has 1 saturated heterocycles. The summed E-state index contributed by atoms with van der Waals surface area (Å²) in [4.78, 5) is 19.5. The molecule has 0 N–H and O–H groups in total. The molecule has 0 radical (unpaired) electrons. The molecular weight excluding hydrogens is 494 g/mol. The van der Waals surface area contributed by atoms with Gasteiger partial charge >= 0.3 is 0 Å². The Hall–Kier alpha value is -3.43. The molecular formula is C27H27N3O4S2. The number of sulfonamides is 1. The van der Waals surface area contributed by atoms with Gasteiger partial charge in [0.2, 0.25) is 0 Å². The van der Waals surface area contributed by atoms with E-state index in [-0.39, 0.29) is 10.8 Å². The molecule has 0 unspecified atom stereocenters. The van der Waals surface area contributed by atoms with Gasteiger partial charge in [0.25, 0.3) is 21.1 Å². The van der Waals surface area contributed by atoms with Gasteiger partial charge in [0.05, 0.1) is 27.4 Å². The van der Waals surface area contributed by atoms with Crippen LogP contribution in [0.4, 0.5) is 5.69 Å². The van der Waals surface area contributed by atoms with Crippen LogP contribution in [0.25, 0.3) is 10.2 Å². The fourth-order valence-corrected chi connectivity index (χ4v) is 6.31. The molecule has 0 atom stereocenters. The Morgan fingerprint density at radius 1 is 1.00 bits per heavy atom. The zero-order valence-electron chi connectivity index (χ0n) is 19.9. The number of piperidine rings is 1. The summed E-state index contributed by atoms with van der Waals surface area (Å²) < 4.78 is 34.3. The van der Waals surface area contributed by atoms with Gasteiger partial charge in [-0.2, -0.15) is 0 Å². The maximum absolute atomic E-state index is 13.0. The van der Waals surface area contributed by atoms with Crippen molar-refractivity contribution in [3.05, 3.63) is 84.4 Å². The average Bonchev–Trinajstić information content (AvgIpc) is 3.35. The quantitative estimate of drug-likeness (QED) is 0.340. The SMILES string of the molecule is CN(c1ccccc1)S(=O)(=O)c1ccc(C(=O)N2CCC(COc3nc4ccccc4s3)CC2)cc1. The van der Waals surface area contributed by atoms with Crippen LogP contribution in [0.1, 0.15) is 23.2 Å². The Kier molecular flexibility index (Phi) is 6.93. The Morgan fingerprint density at radius 2 is 1.67 bits per heavy atom. The Morgan fingerprint density at radius 3 is 2.36 bits per heavy atom. The predicted molar refractivity (Wildman–Crippen MR) is 142 cm³/mol. The summed E-state index contributed by atoms with van der Waals surface area (Å²) in [5, 5.41) is 0.683. The number of anilines is 1. The lowest BCUT2D eigenvalue weighted by molar-refractivity contribution is 0.0661. The zero-order chi connectivity index (χ0) is 25.1. The van der Waals surface area contributed by atoms with Crippen molar-refractivity contribution < 1.29 is 17.9 Å². The minimum Gasteiger partial charge on any atom is -0.470 e. The highest BCUT2D eigenvalue weighted by Gasteiger charge is 2.26. The lowest BCUT2D eigenvalue weighted by Gasteiger charge is -2.31. The first-order valence-corrected chi connectivity index (χ1v) is 14.1. The number of thiazole rings is 1. The van der Waals surface area contributed by atoms with Crippen LogP contribution in [-0.4, -0.2) is 51.0 Å². The van der Waals surface area contributed by atoms with Crippen molar-refractivity contribution in [2.75, 3.05) is 31.0 Å². The summed E-state index contributed by atoms with van der Waals surface area (Å²) in [7, 11) is -2.19. The van der Waals surface area contributed by atoms with E-state index < -0.39 is 10.0 Å². The maximum Gasteiger partial charge on any atom is 0.274 e. The van der Waals surface area contributed by atoms with Gasteiger partial charge in [0, 0.05) is 25.7 Å². The highest BCUT2D eigenvalue weighted by Crippen LogP contribution is 2.29. The molecule has 0 saturated carbocycles. The number of aromatic nitrogens is 1. The van der Waals surface area contributed by atoms with Crippen LogP contribution in [0.3, 0.4) is 0 Å². The summed E-state index contributed by atoms with van der Waals surface area (Å²) in [6, 6.07) is 23.1. The summed E-state index contributed by atoms with van der Waals surface area (Å²) in [6.07, 6.45) is 1.70. The van der Waals surface area contributed by atoms with E-state index in [1.165, 1.54) is 23.5 Å². The third-order valence-electron chi connectivity index (χ3n) is 6.50. The summed E-state index contributed by atoms with van der Waals surface area (Å²) in [5.74, 6) is 0.281. The number of amides is 1. The van der Waals surface area contributed by atoms with Crippen molar-refractivity contribution >= 4 is 43.2 Å². The molecule has 5 rings (SSSR count). The van der Waals surface area contributed by atoms with Gasteiger partial charge in [-0.05, 0) is 67.3 Å². The first-order valence-electron chi connectivity index (χ1n) is 11.8. The predicted octanol–water partition coefficient (Wildman–Crippen LogP) is 5.05. The molecule has 2 heterocycles. The second kappa shape index (κ2) is 10.3. The standard InChI is InChI=1S/C27H27N3O4S2/c1-29(22-7-3-2-4-8-22)36(32,33)23-13-11-21(12-14-23)26(31)30-17-15-20(16-18-30)19-34-27-28-24-9-5-6-10-25(24)35-27/h2-14,20H,15-19H2,1H3. The number of benzene rings is 3. The third kappa shape index (κ3) is 5.08. The fourth-order valence-electron chi connectivity index (χ4n) is 4.29. The number of rotatable bonds is 7. The molecule has 4 aromatic rings. The molecule has 1 aliphatic rings. The van der Waals surface area contributed by atoms with Crippen LogP contribution in [0, 0.1) is 5.92 Å². The van der Waals surface area contributed by atoms with Gasteiger partial charge in [-0.1, -0.05) is 41.7 Å². The molecule has 0 aliphatic carbocycles. The summed E-state index contributed by atoms with van der Waals surface area (Å²) >= 11 is 1.55. The number of nitrogens with zero attached hydrogens (tertiary/aromatic N) is 3. The van der Waals surface area contributed by atoms with E-state index in [1.54, 1.807) is 47.7 Å². The topological polar surface area (TPSA) is 79.8 Å².